The predicted octanol–water partition coefficient (Wildman–Crippen LogP) is 2.13. The molecule has 1 aromatic heterocycles. The van der Waals surface area contributed by atoms with Gasteiger partial charge >= 0.3 is 0 Å². The first-order chi connectivity index (χ1) is 8.67. The fourth-order valence-corrected chi connectivity index (χ4v) is 1.94. The van der Waals surface area contributed by atoms with Gasteiger partial charge in [-0.3, -0.25) is 4.68 Å². The third-order valence-corrected chi connectivity index (χ3v) is 2.80. The number of benzene rings is 1. The minimum atomic E-state index is 0.376. The Labute approximate surface area is 106 Å². The minimum absolute atomic E-state index is 0.376. The van der Waals surface area contributed by atoms with Crippen molar-refractivity contribution in [3.63, 3.8) is 0 Å². The van der Waals surface area contributed by atoms with Crippen molar-refractivity contribution in [3.05, 3.63) is 24.3 Å². The van der Waals surface area contributed by atoms with Gasteiger partial charge < -0.3 is 16.2 Å². The molecule has 4 N–H and O–H groups in total. The van der Waals surface area contributed by atoms with Crippen molar-refractivity contribution in [1.82, 2.24) is 9.78 Å². The molecule has 5 heteroatoms. The van der Waals surface area contributed by atoms with E-state index in [1.165, 1.54) is 0 Å². The van der Waals surface area contributed by atoms with E-state index < -0.39 is 0 Å². The predicted molar refractivity (Wildman–Crippen MR) is 73.3 cm³/mol. The van der Waals surface area contributed by atoms with Crippen molar-refractivity contribution < 1.29 is 4.74 Å². The summed E-state index contributed by atoms with van der Waals surface area (Å²) in [6.07, 6.45) is 0.970. The summed E-state index contributed by atoms with van der Waals surface area (Å²) in [6, 6.07) is 7.72. The van der Waals surface area contributed by atoms with Gasteiger partial charge in [-0.1, -0.05) is 19.1 Å². The van der Waals surface area contributed by atoms with Crippen LogP contribution in [0, 0.1) is 0 Å². The Morgan fingerprint density at radius 2 is 2.11 bits per heavy atom. The highest BCUT2D eigenvalue weighted by Gasteiger charge is 2.15. The van der Waals surface area contributed by atoms with Gasteiger partial charge in [-0.15, -0.1) is 0 Å². The number of aromatic nitrogens is 2. The summed E-state index contributed by atoms with van der Waals surface area (Å²) in [7, 11) is 1.64. The molecule has 0 spiro atoms. The SMILES string of the molecule is CCCn1nc(N)c(N)c1-c1cccc(OC)c1. The fourth-order valence-electron chi connectivity index (χ4n) is 1.94. The second kappa shape index (κ2) is 5.00. The molecule has 0 aliphatic heterocycles. The Bertz CT molecular complexity index is 548. The van der Waals surface area contributed by atoms with Crippen LogP contribution in [0.5, 0.6) is 5.75 Å². The van der Waals surface area contributed by atoms with E-state index in [1.54, 1.807) is 7.11 Å². The van der Waals surface area contributed by atoms with Gasteiger partial charge in [0.1, 0.15) is 11.4 Å². The van der Waals surface area contributed by atoms with Crippen molar-refractivity contribution in [1.29, 1.82) is 0 Å². The van der Waals surface area contributed by atoms with Crippen molar-refractivity contribution in [2.45, 2.75) is 19.9 Å². The number of rotatable bonds is 4. The molecule has 0 aliphatic carbocycles. The van der Waals surface area contributed by atoms with Gasteiger partial charge in [0, 0.05) is 12.1 Å². The number of ether oxygens (including phenoxy) is 1. The van der Waals surface area contributed by atoms with Gasteiger partial charge in [-0.05, 0) is 18.6 Å². The molecular formula is C13H18N4O. The highest BCUT2D eigenvalue weighted by Crippen LogP contribution is 2.32. The lowest BCUT2D eigenvalue weighted by molar-refractivity contribution is 0.415. The zero-order valence-electron chi connectivity index (χ0n) is 10.7. The lowest BCUT2D eigenvalue weighted by atomic mass is 10.1. The average molecular weight is 246 g/mol. The van der Waals surface area contributed by atoms with Gasteiger partial charge in [0.2, 0.25) is 0 Å². The Hall–Kier alpha value is -2.17. The summed E-state index contributed by atoms with van der Waals surface area (Å²) in [5.74, 6) is 1.16. The average Bonchev–Trinajstić information content (AvgIpc) is 2.65. The summed E-state index contributed by atoms with van der Waals surface area (Å²) in [5.41, 5.74) is 14.1. The molecule has 0 atom stereocenters. The largest absolute Gasteiger partial charge is 0.497 e. The zero-order valence-corrected chi connectivity index (χ0v) is 10.7. The van der Waals surface area contributed by atoms with Gasteiger partial charge in [0.15, 0.2) is 5.82 Å². The molecule has 5 nitrogen and oxygen atoms in total. The number of aryl methyl sites for hydroxylation is 1. The van der Waals surface area contributed by atoms with E-state index in [4.69, 9.17) is 16.2 Å². The van der Waals surface area contributed by atoms with E-state index >= 15 is 0 Å². The van der Waals surface area contributed by atoms with Gasteiger partial charge in [0.05, 0.1) is 12.8 Å². The van der Waals surface area contributed by atoms with E-state index in [1.807, 2.05) is 28.9 Å². The summed E-state index contributed by atoms with van der Waals surface area (Å²) in [4.78, 5) is 0. The molecule has 0 unspecified atom stereocenters. The van der Waals surface area contributed by atoms with E-state index in [-0.39, 0.29) is 0 Å². The molecule has 2 aromatic rings. The van der Waals surface area contributed by atoms with Crippen molar-refractivity contribution >= 4 is 11.5 Å². The normalized spacial score (nSPS) is 10.6. The maximum atomic E-state index is 6.01. The van der Waals surface area contributed by atoms with Gasteiger partial charge in [-0.2, -0.15) is 5.10 Å². The molecule has 0 radical (unpaired) electrons. The number of nitrogen functional groups attached to an aromatic ring is 2. The molecule has 96 valence electrons. The van der Waals surface area contributed by atoms with E-state index in [9.17, 15) is 0 Å². The molecule has 0 saturated heterocycles. The number of nitrogens with two attached hydrogens (primary N) is 2. The number of methoxy groups -OCH3 is 1. The number of hydrogen-bond acceptors (Lipinski definition) is 4. The van der Waals surface area contributed by atoms with E-state index in [0.717, 1.165) is 30.0 Å². The summed E-state index contributed by atoms with van der Waals surface area (Å²) in [5, 5.41) is 4.26. The maximum absolute atomic E-state index is 6.01. The lowest BCUT2D eigenvalue weighted by Gasteiger charge is -2.08. The van der Waals surface area contributed by atoms with Crippen LogP contribution in [0.1, 0.15) is 13.3 Å². The second-order valence-corrected chi connectivity index (χ2v) is 4.10. The fraction of sp³-hybridized carbons (Fsp3) is 0.308. The molecule has 0 aliphatic rings. The van der Waals surface area contributed by atoms with Crippen molar-refractivity contribution in [3.8, 4) is 17.0 Å². The van der Waals surface area contributed by atoms with Crippen LogP contribution in [0.3, 0.4) is 0 Å². The molecule has 0 amide bonds. The van der Waals surface area contributed by atoms with Crippen molar-refractivity contribution in [2.75, 3.05) is 18.6 Å². The first kappa shape index (κ1) is 12.3. The Balaban J connectivity index is 2.54. The van der Waals surface area contributed by atoms with E-state index in [0.29, 0.717) is 11.5 Å². The minimum Gasteiger partial charge on any atom is -0.497 e. The monoisotopic (exact) mass is 246 g/mol. The Kier molecular flexibility index (Phi) is 3.41. The smallest absolute Gasteiger partial charge is 0.169 e. The van der Waals surface area contributed by atoms with Crippen LogP contribution >= 0.6 is 0 Å². The summed E-state index contributed by atoms with van der Waals surface area (Å²) in [6.45, 7) is 2.87. The van der Waals surface area contributed by atoms with Crippen LogP contribution < -0.4 is 16.2 Å². The molecule has 0 fully saturated rings. The molecule has 18 heavy (non-hydrogen) atoms. The first-order valence-electron chi connectivity index (χ1n) is 5.93. The van der Waals surface area contributed by atoms with Crippen LogP contribution in [0.2, 0.25) is 0 Å². The Morgan fingerprint density at radius 3 is 2.78 bits per heavy atom. The van der Waals surface area contributed by atoms with Gasteiger partial charge in [0.25, 0.3) is 0 Å². The molecule has 0 bridgehead atoms. The highest BCUT2D eigenvalue weighted by atomic mass is 16.5. The molecular weight excluding hydrogens is 228 g/mol. The standard InChI is InChI=1S/C13H18N4O/c1-3-7-17-12(11(14)13(15)16-17)9-5-4-6-10(8-9)18-2/h4-6,8H,3,7,14H2,1-2H3,(H2,15,16). The van der Waals surface area contributed by atoms with Crippen LogP contribution in [0.15, 0.2) is 24.3 Å². The van der Waals surface area contributed by atoms with Crippen LogP contribution in [0.25, 0.3) is 11.3 Å². The van der Waals surface area contributed by atoms with Crippen molar-refractivity contribution in [2.24, 2.45) is 0 Å². The summed E-state index contributed by atoms with van der Waals surface area (Å²) < 4.78 is 7.07. The van der Waals surface area contributed by atoms with Crippen LogP contribution in [-0.4, -0.2) is 16.9 Å². The molecule has 1 aromatic carbocycles. The number of anilines is 2. The number of hydrogen-bond donors (Lipinski definition) is 2. The quantitative estimate of drug-likeness (QED) is 0.866. The van der Waals surface area contributed by atoms with E-state index in [2.05, 4.69) is 12.0 Å². The third-order valence-electron chi connectivity index (χ3n) is 2.80. The van der Waals surface area contributed by atoms with Crippen LogP contribution in [0.4, 0.5) is 11.5 Å². The maximum Gasteiger partial charge on any atom is 0.169 e. The topological polar surface area (TPSA) is 79.1 Å². The summed E-state index contributed by atoms with van der Waals surface area (Å²) >= 11 is 0. The Morgan fingerprint density at radius 1 is 1.33 bits per heavy atom. The third kappa shape index (κ3) is 2.11. The zero-order chi connectivity index (χ0) is 13.1. The molecule has 1 heterocycles. The highest BCUT2D eigenvalue weighted by molar-refractivity contribution is 5.81. The lowest BCUT2D eigenvalue weighted by Crippen LogP contribution is -2.02. The number of nitrogens with zero attached hydrogens (tertiary/aromatic N) is 2. The first-order valence-corrected chi connectivity index (χ1v) is 5.93. The van der Waals surface area contributed by atoms with Gasteiger partial charge in [-0.25, -0.2) is 0 Å². The molecule has 2 rings (SSSR count). The molecule has 0 saturated carbocycles. The second-order valence-electron chi connectivity index (χ2n) is 4.10. The van der Waals surface area contributed by atoms with Crippen LogP contribution in [-0.2, 0) is 6.54 Å².